The normalized spacial score (nSPS) is 21.2. The molecule has 2 heterocycles. The van der Waals surface area contributed by atoms with Crippen molar-refractivity contribution in [3.05, 3.63) is 21.8 Å². The van der Waals surface area contributed by atoms with Crippen molar-refractivity contribution in [1.82, 2.24) is 4.98 Å². The molecule has 1 saturated heterocycles. The SMILES string of the molecule is Clc1cc(Br)cnc1N1CCCCC1CBr. The van der Waals surface area contributed by atoms with Gasteiger partial charge in [-0.05, 0) is 41.3 Å². The van der Waals surface area contributed by atoms with E-state index >= 15 is 0 Å². The number of alkyl halides is 1. The van der Waals surface area contributed by atoms with Gasteiger partial charge in [0.2, 0.25) is 0 Å². The zero-order chi connectivity index (χ0) is 11.5. The minimum absolute atomic E-state index is 0.514. The second kappa shape index (κ2) is 5.69. The standard InChI is InChI=1S/C11H13Br2ClN2/c12-6-9-3-1-2-4-16(9)11-10(14)5-8(13)7-15-11/h5,7,9H,1-4,6H2. The molecule has 0 amide bonds. The highest BCUT2D eigenvalue weighted by molar-refractivity contribution is 9.10. The van der Waals surface area contributed by atoms with Gasteiger partial charge in [-0.25, -0.2) is 4.98 Å². The number of hydrogen-bond donors (Lipinski definition) is 0. The van der Waals surface area contributed by atoms with Crippen LogP contribution in [-0.2, 0) is 0 Å². The van der Waals surface area contributed by atoms with Crippen LogP contribution in [0.3, 0.4) is 0 Å². The number of nitrogens with zero attached hydrogens (tertiary/aromatic N) is 2. The summed E-state index contributed by atoms with van der Waals surface area (Å²) in [6.45, 7) is 1.05. The van der Waals surface area contributed by atoms with Crippen LogP contribution in [0, 0.1) is 0 Å². The summed E-state index contributed by atoms with van der Waals surface area (Å²) in [7, 11) is 0. The van der Waals surface area contributed by atoms with E-state index in [1.54, 1.807) is 6.20 Å². The zero-order valence-electron chi connectivity index (χ0n) is 8.80. The Morgan fingerprint density at radius 1 is 1.50 bits per heavy atom. The molecule has 0 radical (unpaired) electrons. The first-order valence-corrected chi connectivity index (χ1v) is 7.65. The predicted octanol–water partition coefficient (Wildman–Crippen LogP) is 4.25. The first-order chi connectivity index (χ1) is 7.72. The van der Waals surface area contributed by atoms with Crippen molar-refractivity contribution < 1.29 is 0 Å². The maximum Gasteiger partial charge on any atom is 0.147 e. The molecule has 1 unspecified atom stereocenters. The van der Waals surface area contributed by atoms with Gasteiger partial charge in [0.25, 0.3) is 0 Å². The van der Waals surface area contributed by atoms with Crippen molar-refractivity contribution in [3.8, 4) is 0 Å². The topological polar surface area (TPSA) is 16.1 Å². The Bertz CT molecular complexity index is 373. The van der Waals surface area contributed by atoms with Crippen molar-refractivity contribution in [1.29, 1.82) is 0 Å². The van der Waals surface area contributed by atoms with Crippen LogP contribution >= 0.6 is 43.5 Å². The molecule has 1 aliphatic rings. The summed E-state index contributed by atoms with van der Waals surface area (Å²) in [5, 5.41) is 1.70. The molecule has 2 rings (SSSR count). The fourth-order valence-corrected chi connectivity index (χ4v) is 3.47. The highest BCUT2D eigenvalue weighted by Gasteiger charge is 2.24. The molecule has 0 N–H and O–H groups in total. The molecule has 1 fully saturated rings. The largest absolute Gasteiger partial charge is 0.352 e. The van der Waals surface area contributed by atoms with E-state index in [9.17, 15) is 0 Å². The first kappa shape index (κ1) is 12.7. The average molecular weight is 369 g/mol. The van der Waals surface area contributed by atoms with Crippen molar-refractivity contribution in [2.45, 2.75) is 25.3 Å². The molecule has 0 aromatic carbocycles. The van der Waals surface area contributed by atoms with E-state index in [-0.39, 0.29) is 0 Å². The van der Waals surface area contributed by atoms with Gasteiger partial charge in [-0.2, -0.15) is 0 Å². The smallest absolute Gasteiger partial charge is 0.147 e. The summed E-state index contributed by atoms with van der Waals surface area (Å²) in [5.41, 5.74) is 0. The fourth-order valence-electron chi connectivity index (χ4n) is 2.06. The maximum atomic E-state index is 6.24. The highest BCUT2D eigenvalue weighted by Crippen LogP contribution is 2.31. The average Bonchev–Trinajstić information content (AvgIpc) is 2.29. The van der Waals surface area contributed by atoms with Crippen LogP contribution in [0.5, 0.6) is 0 Å². The Kier molecular flexibility index (Phi) is 4.50. The van der Waals surface area contributed by atoms with Crippen LogP contribution in [-0.4, -0.2) is 22.9 Å². The van der Waals surface area contributed by atoms with E-state index in [0.717, 1.165) is 27.2 Å². The minimum atomic E-state index is 0.514. The lowest BCUT2D eigenvalue weighted by atomic mass is 10.0. The van der Waals surface area contributed by atoms with E-state index in [1.807, 2.05) is 6.07 Å². The lowest BCUT2D eigenvalue weighted by Gasteiger charge is -2.36. The molecule has 1 aromatic heterocycles. The molecular formula is C11H13Br2ClN2. The molecule has 0 saturated carbocycles. The molecular weight excluding hydrogens is 355 g/mol. The van der Waals surface area contributed by atoms with Crippen LogP contribution in [0.2, 0.25) is 5.02 Å². The Hall–Kier alpha value is 0.200. The number of rotatable bonds is 2. The van der Waals surface area contributed by atoms with Gasteiger partial charge in [-0.3, -0.25) is 0 Å². The van der Waals surface area contributed by atoms with Crippen molar-refractivity contribution in [2.24, 2.45) is 0 Å². The molecule has 1 aromatic rings. The third-order valence-electron chi connectivity index (χ3n) is 2.87. The van der Waals surface area contributed by atoms with Gasteiger partial charge in [0, 0.05) is 28.6 Å². The first-order valence-electron chi connectivity index (χ1n) is 5.36. The third-order valence-corrected chi connectivity index (χ3v) is 4.32. The summed E-state index contributed by atoms with van der Waals surface area (Å²) in [6.07, 6.45) is 5.53. The second-order valence-corrected chi connectivity index (χ2v) is 5.93. The Morgan fingerprint density at radius 2 is 2.31 bits per heavy atom. The van der Waals surface area contributed by atoms with Gasteiger partial charge in [0.05, 0.1) is 5.02 Å². The summed E-state index contributed by atoms with van der Waals surface area (Å²) < 4.78 is 0.925. The summed E-state index contributed by atoms with van der Waals surface area (Å²) in [6, 6.07) is 2.42. The van der Waals surface area contributed by atoms with Crippen molar-refractivity contribution in [3.63, 3.8) is 0 Å². The molecule has 0 aliphatic carbocycles. The molecule has 5 heteroatoms. The van der Waals surface area contributed by atoms with Crippen LogP contribution in [0.25, 0.3) is 0 Å². The van der Waals surface area contributed by atoms with Crippen molar-refractivity contribution in [2.75, 3.05) is 16.8 Å². The van der Waals surface area contributed by atoms with Crippen LogP contribution in [0.15, 0.2) is 16.7 Å². The molecule has 0 bridgehead atoms. The second-order valence-electron chi connectivity index (χ2n) is 3.96. The lowest BCUT2D eigenvalue weighted by Crippen LogP contribution is -2.41. The number of anilines is 1. The van der Waals surface area contributed by atoms with Gasteiger partial charge in [-0.15, -0.1) is 0 Å². The maximum absolute atomic E-state index is 6.24. The van der Waals surface area contributed by atoms with Crippen molar-refractivity contribution >= 4 is 49.3 Å². The number of piperidine rings is 1. The number of hydrogen-bond acceptors (Lipinski definition) is 2. The quantitative estimate of drug-likeness (QED) is 0.726. The molecule has 0 spiro atoms. The zero-order valence-corrected chi connectivity index (χ0v) is 12.7. The summed E-state index contributed by atoms with van der Waals surface area (Å²) >= 11 is 13.2. The van der Waals surface area contributed by atoms with E-state index in [4.69, 9.17) is 11.6 Å². The number of pyridine rings is 1. The molecule has 16 heavy (non-hydrogen) atoms. The van der Waals surface area contributed by atoms with Gasteiger partial charge >= 0.3 is 0 Å². The lowest BCUT2D eigenvalue weighted by molar-refractivity contribution is 0.487. The third kappa shape index (κ3) is 2.71. The Balaban J connectivity index is 2.27. The predicted molar refractivity (Wildman–Crippen MR) is 75.7 cm³/mol. The van der Waals surface area contributed by atoms with Gasteiger partial charge < -0.3 is 4.90 Å². The van der Waals surface area contributed by atoms with Crippen LogP contribution < -0.4 is 4.90 Å². The van der Waals surface area contributed by atoms with Gasteiger partial charge in [-0.1, -0.05) is 27.5 Å². The van der Waals surface area contributed by atoms with Crippen LogP contribution in [0.1, 0.15) is 19.3 Å². The summed E-state index contributed by atoms with van der Waals surface area (Å²) in [4.78, 5) is 6.74. The molecule has 1 atom stereocenters. The van der Waals surface area contributed by atoms with E-state index in [2.05, 4.69) is 41.7 Å². The minimum Gasteiger partial charge on any atom is -0.352 e. The Morgan fingerprint density at radius 3 is 3.00 bits per heavy atom. The number of aromatic nitrogens is 1. The van der Waals surface area contributed by atoms with E-state index in [0.29, 0.717) is 6.04 Å². The molecule has 88 valence electrons. The molecule has 2 nitrogen and oxygen atoms in total. The Labute approximate surface area is 118 Å². The fraction of sp³-hybridized carbons (Fsp3) is 0.545. The van der Waals surface area contributed by atoms with Crippen LogP contribution in [0.4, 0.5) is 5.82 Å². The van der Waals surface area contributed by atoms with E-state index < -0.39 is 0 Å². The monoisotopic (exact) mass is 366 g/mol. The van der Waals surface area contributed by atoms with E-state index in [1.165, 1.54) is 19.3 Å². The van der Waals surface area contributed by atoms with Gasteiger partial charge in [0.1, 0.15) is 5.82 Å². The summed E-state index contributed by atoms with van der Waals surface area (Å²) in [5.74, 6) is 0.911. The number of halogens is 3. The van der Waals surface area contributed by atoms with Gasteiger partial charge in [0.15, 0.2) is 0 Å². The highest BCUT2D eigenvalue weighted by atomic mass is 79.9. The molecule has 1 aliphatic heterocycles.